The molecule has 2 atom stereocenters. The van der Waals surface area contributed by atoms with E-state index < -0.39 is 0 Å². The number of urea groups is 1. The number of carbonyl (C=O) groups excluding carboxylic acids is 1. The molecule has 0 saturated heterocycles. The van der Waals surface area contributed by atoms with Gasteiger partial charge >= 0.3 is 6.03 Å². The Labute approximate surface area is 140 Å². The average Bonchev–Trinajstić information content (AvgIpc) is 2.79. The lowest BCUT2D eigenvalue weighted by molar-refractivity contribution is 0.00947. The second kappa shape index (κ2) is 7.00. The van der Waals surface area contributed by atoms with Crippen molar-refractivity contribution in [3.05, 3.63) is 16.6 Å². The van der Waals surface area contributed by atoms with Crippen LogP contribution in [0.4, 0.5) is 4.79 Å². The van der Waals surface area contributed by atoms with Gasteiger partial charge in [-0.15, -0.1) is 0 Å². The van der Waals surface area contributed by atoms with Crippen molar-refractivity contribution in [2.45, 2.75) is 64.3 Å². The van der Waals surface area contributed by atoms with Crippen molar-refractivity contribution in [3.8, 4) is 0 Å². The van der Waals surface area contributed by atoms with E-state index in [0.717, 1.165) is 36.2 Å². The van der Waals surface area contributed by atoms with Crippen LogP contribution in [-0.2, 0) is 17.7 Å². The zero-order valence-electron chi connectivity index (χ0n) is 13.6. The zero-order valence-corrected chi connectivity index (χ0v) is 15.2. The van der Waals surface area contributed by atoms with Gasteiger partial charge in [-0.1, -0.05) is 0 Å². The third-order valence-electron chi connectivity index (χ3n) is 4.07. The van der Waals surface area contributed by atoms with Gasteiger partial charge in [-0.05, 0) is 49.5 Å². The van der Waals surface area contributed by atoms with E-state index in [9.17, 15) is 4.79 Å². The number of hydrogen-bond acceptors (Lipinski definition) is 3. The molecule has 0 fully saturated rings. The van der Waals surface area contributed by atoms with E-state index in [-0.39, 0.29) is 23.7 Å². The summed E-state index contributed by atoms with van der Waals surface area (Å²) in [6, 6.07) is 0.0545. The number of methoxy groups -OCH3 is 1. The fourth-order valence-electron chi connectivity index (χ4n) is 2.84. The Morgan fingerprint density at radius 3 is 3.05 bits per heavy atom. The lowest BCUT2D eigenvalue weighted by Gasteiger charge is -2.29. The van der Waals surface area contributed by atoms with Crippen molar-refractivity contribution in [3.63, 3.8) is 0 Å². The summed E-state index contributed by atoms with van der Waals surface area (Å²) in [4.78, 5) is 16.5. The van der Waals surface area contributed by atoms with E-state index in [2.05, 4.69) is 36.1 Å². The van der Waals surface area contributed by atoms with Crippen LogP contribution in [0.1, 0.15) is 39.4 Å². The summed E-state index contributed by atoms with van der Waals surface area (Å²) in [6.45, 7) is 6.78. The predicted molar refractivity (Wildman–Crippen MR) is 88.9 cm³/mol. The molecule has 6 nitrogen and oxygen atoms in total. The Balaban J connectivity index is 1.82. The second-order valence-corrected chi connectivity index (χ2v) is 7.34. The van der Waals surface area contributed by atoms with Crippen molar-refractivity contribution < 1.29 is 9.53 Å². The van der Waals surface area contributed by atoms with Gasteiger partial charge in [0.1, 0.15) is 10.4 Å². The lowest BCUT2D eigenvalue weighted by atomic mass is 10.00. The summed E-state index contributed by atoms with van der Waals surface area (Å²) >= 11 is 3.49. The molecular weight excluding hydrogens is 348 g/mol. The Bertz CT molecular complexity index is 530. The molecule has 0 radical (unpaired) electrons. The molecule has 2 heterocycles. The smallest absolute Gasteiger partial charge is 0.315 e. The Morgan fingerprint density at radius 1 is 1.64 bits per heavy atom. The van der Waals surface area contributed by atoms with Crippen LogP contribution in [0.5, 0.6) is 0 Å². The minimum Gasteiger partial charge on any atom is -0.379 e. The molecule has 1 aliphatic heterocycles. The molecule has 0 aliphatic carbocycles. The topological polar surface area (TPSA) is 68.2 Å². The Kier molecular flexibility index (Phi) is 5.50. The van der Waals surface area contributed by atoms with Gasteiger partial charge in [-0.3, -0.25) is 0 Å². The van der Waals surface area contributed by atoms with Crippen LogP contribution >= 0.6 is 15.9 Å². The van der Waals surface area contributed by atoms with Gasteiger partial charge < -0.3 is 19.9 Å². The van der Waals surface area contributed by atoms with Gasteiger partial charge in [-0.2, -0.15) is 0 Å². The number of amides is 2. The molecule has 2 N–H and O–H groups in total. The maximum Gasteiger partial charge on any atom is 0.315 e. The van der Waals surface area contributed by atoms with Crippen molar-refractivity contribution in [2.75, 3.05) is 7.11 Å². The van der Waals surface area contributed by atoms with E-state index in [4.69, 9.17) is 4.74 Å². The van der Waals surface area contributed by atoms with E-state index >= 15 is 0 Å². The fourth-order valence-corrected chi connectivity index (χ4v) is 3.29. The number of fused-ring (bicyclic) bond motifs is 1. The highest BCUT2D eigenvalue weighted by atomic mass is 79.9. The number of rotatable bonds is 5. The minimum absolute atomic E-state index is 0.0501. The average molecular weight is 373 g/mol. The highest BCUT2D eigenvalue weighted by Crippen LogP contribution is 2.20. The van der Waals surface area contributed by atoms with E-state index in [1.54, 1.807) is 7.11 Å². The lowest BCUT2D eigenvalue weighted by Crippen LogP contribution is -2.49. The minimum atomic E-state index is -0.242. The number of halogens is 1. The molecule has 7 heteroatoms. The number of carbonyl (C=O) groups is 1. The summed E-state index contributed by atoms with van der Waals surface area (Å²) in [5.74, 6) is 1.07. The van der Waals surface area contributed by atoms with Gasteiger partial charge in [0.05, 0.1) is 11.8 Å². The third kappa shape index (κ3) is 4.46. The van der Waals surface area contributed by atoms with E-state index in [1.807, 2.05) is 27.0 Å². The number of nitrogens with zero attached hydrogens (tertiary/aromatic N) is 2. The van der Waals surface area contributed by atoms with Crippen LogP contribution in [0.25, 0.3) is 0 Å². The highest BCUT2D eigenvalue weighted by molar-refractivity contribution is 9.10. The summed E-state index contributed by atoms with van der Waals surface area (Å²) < 4.78 is 8.46. The number of nitrogens with one attached hydrogen (secondary N) is 2. The van der Waals surface area contributed by atoms with Crippen LogP contribution in [0, 0.1) is 0 Å². The second-order valence-electron chi connectivity index (χ2n) is 6.53. The summed E-state index contributed by atoms with van der Waals surface area (Å²) in [6.07, 6.45) is 4.36. The Hall–Kier alpha value is -1.08. The quantitative estimate of drug-likeness (QED) is 0.833. The molecule has 1 aromatic heterocycles. The first-order valence-corrected chi connectivity index (χ1v) is 8.42. The first-order chi connectivity index (χ1) is 10.3. The first-order valence-electron chi connectivity index (χ1n) is 7.63. The van der Waals surface area contributed by atoms with Gasteiger partial charge in [0.15, 0.2) is 0 Å². The molecule has 0 bridgehead atoms. The predicted octanol–water partition coefficient (Wildman–Crippen LogP) is 2.46. The third-order valence-corrected chi connectivity index (χ3v) is 4.70. The van der Waals surface area contributed by atoms with Crippen molar-refractivity contribution in [1.82, 2.24) is 20.2 Å². The molecule has 2 rings (SSSR count). The number of aromatic nitrogens is 2. The molecule has 124 valence electrons. The van der Waals surface area contributed by atoms with Crippen LogP contribution in [0.2, 0.25) is 0 Å². The molecule has 0 saturated carbocycles. The highest BCUT2D eigenvalue weighted by Gasteiger charge is 2.24. The molecule has 1 aromatic rings. The van der Waals surface area contributed by atoms with Gasteiger partial charge in [0, 0.05) is 32.2 Å². The number of imidazole rings is 1. The molecular formula is C15H25BrN4O2. The van der Waals surface area contributed by atoms with Crippen molar-refractivity contribution in [2.24, 2.45) is 0 Å². The van der Waals surface area contributed by atoms with Gasteiger partial charge in [-0.25, -0.2) is 9.78 Å². The van der Waals surface area contributed by atoms with Crippen LogP contribution in [-0.4, -0.2) is 40.4 Å². The summed E-state index contributed by atoms with van der Waals surface area (Å²) in [7, 11) is 1.69. The first kappa shape index (κ1) is 17.3. The molecule has 1 aliphatic rings. The maximum atomic E-state index is 12.1. The number of ether oxygens (including phenoxy) is 1. The molecule has 0 aromatic carbocycles. The summed E-state index contributed by atoms with van der Waals surface area (Å²) in [5.41, 5.74) is -0.242. The monoisotopic (exact) mass is 372 g/mol. The normalized spacial score (nSPS) is 19.4. The van der Waals surface area contributed by atoms with Crippen molar-refractivity contribution in [1.29, 1.82) is 0 Å². The van der Waals surface area contributed by atoms with Crippen molar-refractivity contribution >= 4 is 22.0 Å². The Morgan fingerprint density at radius 2 is 2.36 bits per heavy atom. The van der Waals surface area contributed by atoms with E-state index in [0.29, 0.717) is 0 Å². The SMILES string of the molecule is COC(C)(C)CC(C)NC(=O)NC1CCc2ncc(Br)n2C1. The summed E-state index contributed by atoms with van der Waals surface area (Å²) in [5, 5.41) is 6.03. The van der Waals surface area contributed by atoms with Crippen LogP contribution in [0.3, 0.4) is 0 Å². The molecule has 2 unspecified atom stereocenters. The zero-order chi connectivity index (χ0) is 16.3. The molecule has 0 spiro atoms. The number of hydrogen-bond donors (Lipinski definition) is 2. The number of aryl methyl sites for hydroxylation is 1. The maximum absolute atomic E-state index is 12.1. The van der Waals surface area contributed by atoms with Gasteiger partial charge in [0.25, 0.3) is 0 Å². The van der Waals surface area contributed by atoms with E-state index in [1.165, 1.54) is 0 Å². The standard InChI is InChI=1S/C15H25BrN4O2/c1-10(7-15(2,3)22-4)18-14(21)19-11-5-6-13-17-8-12(16)20(13)9-11/h8,10-11H,5-7,9H2,1-4H3,(H2,18,19,21). The molecule has 2 amide bonds. The fraction of sp³-hybridized carbons (Fsp3) is 0.733. The van der Waals surface area contributed by atoms with Crippen LogP contribution < -0.4 is 10.6 Å². The largest absolute Gasteiger partial charge is 0.379 e. The van der Waals surface area contributed by atoms with Crippen LogP contribution in [0.15, 0.2) is 10.8 Å². The molecule has 22 heavy (non-hydrogen) atoms. The van der Waals surface area contributed by atoms with Gasteiger partial charge in [0.2, 0.25) is 0 Å².